The molecule has 1 rings (SSSR count). The minimum absolute atomic E-state index is 0.414. The topological polar surface area (TPSA) is 113 Å². The molecule has 126 valence electrons. The second-order valence-corrected chi connectivity index (χ2v) is 5.82. The molecule has 0 aliphatic rings. The third kappa shape index (κ3) is 6.60. The van der Waals surface area contributed by atoms with Crippen LogP contribution in [-0.4, -0.2) is 35.9 Å². The summed E-state index contributed by atoms with van der Waals surface area (Å²) in [6.45, 7) is 2.02. The number of urea groups is 1. The third-order valence-corrected chi connectivity index (χ3v) is 3.81. The summed E-state index contributed by atoms with van der Waals surface area (Å²) < 4.78 is 0. The highest BCUT2D eigenvalue weighted by molar-refractivity contribution is 7.98. The van der Waals surface area contributed by atoms with E-state index in [0.29, 0.717) is 17.7 Å². The van der Waals surface area contributed by atoms with E-state index in [-0.39, 0.29) is 0 Å². The summed E-state index contributed by atoms with van der Waals surface area (Å²) in [4.78, 5) is 34.9. The molecule has 1 aromatic carbocycles. The number of hydrogen-bond donors (Lipinski definition) is 4. The van der Waals surface area contributed by atoms with Gasteiger partial charge in [-0.1, -0.05) is 19.1 Å². The fraction of sp³-hybridized carbons (Fsp3) is 0.400. The molecule has 0 aromatic heterocycles. The van der Waals surface area contributed by atoms with E-state index in [2.05, 4.69) is 16.2 Å². The normalized spacial score (nSPS) is 11.4. The van der Waals surface area contributed by atoms with Crippen LogP contribution in [0, 0.1) is 0 Å². The van der Waals surface area contributed by atoms with Gasteiger partial charge in [-0.25, -0.2) is 4.79 Å². The number of aryl methyl sites for hydroxylation is 1. The minimum Gasteiger partial charge on any atom is -0.352 e. The molecule has 0 heterocycles. The maximum absolute atomic E-state index is 12.0. The fourth-order valence-corrected chi connectivity index (χ4v) is 2.32. The summed E-state index contributed by atoms with van der Waals surface area (Å²) in [5, 5.41) is 2.36. The second-order valence-electron chi connectivity index (χ2n) is 4.84. The van der Waals surface area contributed by atoms with Gasteiger partial charge in [0.05, 0.1) is 0 Å². The van der Waals surface area contributed by atoms with Crippen molar-refractivity contribution in [2.75, 3.05) is 12.0 Å². The molecule has 5 N–H and O–H groups in total. The molecular weight excluding hydrogens is 316 g/mol. The number of hydrogen-bond acceptors (Lipinski definition) is 4. The van der Waals surface area contributed by atoms with Gasteiger partial charge in [-0.15, -0.1) is 0 Å². The van der Waals surface area contributed by atoms with Crippen LogP contribution in [0.5, 0.6) is 0 Å². The largest absolute Gasteiger partial charge is 0.352 e. The number of rotatable bonds is 7. The lowest BCUT2D eigenvalue weighted by Gasteiger charge is -2.17. The third-order valence-electron chi connectivity index (χ3n) is 3.17. The molecule has 0 aliphatic heterocycles. The molecule has 0 spiro atoms. The van der Waals surface area contributed by atoms with Crippen molar-refractivity contribution in [2.24, 2.45) is 5.73 Å². The molecule has 8 heteroatoms. The highest BCUT2D eigenvalue weighted by atomic mass is 32.2. The van der Waals surface area contributed by atoms with Crippen LogP contribution in [0.1, 0.15) is 29.3 Å². The van der Waals surface area contributed by atoms with Gasteiger partial charge in [-0.05, 0) is 42.5 Å². The Bertz CT molecular complexity index is 548. The Kier molecular flexibility index (Phi) is 7.96. The zero-order chi connectivity index (χ0) is 17.2. The first-order valence-corrected chi connectivity index (χ1v) is 8.61. The lowest BCUT2D eigenvalue weighted by Crippen LogP contribution is -2.53. The number of hydrazine groups is 1. The standard InChI is InChI=1S/C15H22N4O3S/c1-3-10-4-6-11(7-5-10)13(20)18-19-14(21)12(8-9-23-2)17-15(16)22/h4-7,12H,3,8-9H2,1-2H3,(H,18,20)(H,19,21)(H3,16,17,22)/t12-/m0/s1. The van der Waals surface area contributed by atoms with E-state index in [1.165, 1.54) is 11.8 Å². The molecule has 0 fully saturated rings. The Balaban J connectivity index is 2.56. The number of benzene rings is 1. The highest BCUT2D eigenvalue weighted by Gasteiger charge is 2.20. The average molecular weight is 338 g/mol. The van der Waals surface area contributed by atoms with Crippen LogP contribution in [0.15, 0.2) is 24.3 Å². The molecule has 0 aliphatic carbocycles. The van der Waals surface area contributed by atoms with Crippen molar-refractivity contribution in [1.29, 1.82) is 0 Å². The van der Waals surface area contributed by atoms with Gasteiger partial charge in [0.25, 0.3) is 11.8 Å². The molecular formula is C15H22N4O3S. The van der Waals surface area contributed by atoms with Gasteiger partial charge in [-0.2, -0.15) is 11.8 Å². The van der Waals surface area contributed by atoms with E-state index < -0.39 is 23.9 Å². The van der Waals surface area contributed by atoms with Crippen LogP contribution < -0.4 is 21.9 Å². The van der Waals surface area contributed by atoms with Gasteiger partial charge in [0.1, 0.15) is 6.04 Å². The van der Waals surface area contributed by atoms with Crippen LogP contribution >= 0.6 is 11.8 Å². The van der Waals surface area contributed by atoms with E-state index in [4.69, 9.17) is 5.73 Å². The zero-order valence-electron chi connectivity index (χ0n) is 13.2. The molecule has 0 radical (unpaired) electrons. The lowest BCUT2D eigenvalue weighted by atomic mass is 10.1. The van der Waals surface area contributed by atoms with Gasteiger partial charge < -0.3 is 11.1 Å². The predicted octanol–water partition coefficient (Wildman–Crippen LogP) is 0.800. The Morgan fingerprint density at radius 3 is 2.35 bits per heavy atom. The molecule has 4 amide bonds. The van der Waals surface area contributed by atoms with E-state index in [1.54, 1.807) is 12.1 Å². The van der Waals surface area contributed by atoms with Crippen molar-refractivity contribution in [3.8, 4) is 0 Å². The number of amides is 4. The Morgan fingerprint density at radius 1 is 1.17 bits per heavy atom. The highest BCUT2D eigenvalue weighted by Crippen LogP contribution is 2.05. The number of thioether (sulfide) groups is 1. The fourth-order valence-electron chi connectivity index (χ4n) is 1.85. The summed E-state index contributed by atoms with van der Waals surface area (Å²) in [6, 6.07) is 5.51. The minimum atomic E-state index is -0.789. The van der Waals surface area contributed by atoms with Crippen molar-refractivity contribution >= 4 is 29.6 Å². The molecule has 0 bridgehead atoms. The molecule has 23 heavy (non-hydrogen) atoms. The number of primary amides is 1. The van der Waals surface area contributed by atoms with Gasteiger partial charge in [-0.3, -0.25) is 20.4 Å². The first-order chi connectivity index (χ1) is 11.0. The van der Waals surface area contributed by atoms with E-state index in [9.17, 15) is 14.4 Å². The van der Waals surface area contributed by atoms with Gasteiger partial charge >= 0.3 is 6.03 Å². The quantitative estimate of drug-likeness (QED) is 0.551. The van der Waals surface area contributed by atoms with Crippen molar-refractivity contribution < 1.29 is 14.4 Å². The van der Waals surface area contributed by atoms with E-state index in [0.717, 1.165) is 12.0 Å². The van der Waals surface area contributed by atoms with Gasteiger partial charge in [0, 0.05) is 5.56 Å². The van der Waals surface area contributed by atoms with Crippen LogP contribution in [0.2, 0.25) is 0 Å². The molecule has 1 aromatic rings. The predicted molar refractivity (Wildman–Crippen MR) is 90.9 cm³/mol. The second kappa shape index (κ2) is 9.73. The van der Waals surface area contributed by atoms with Crippen LogP contribution in [0.4, 0.5) is 4.79 Å². The zero-order valence-corrected chi connectivity index (χ0v) is 14.0. The summed E-state index contributed by atoms with van der Waals surface area (Å²) in [6.07, 6.45) is 3.19. The van der Waals surface area contributed by atoms with Crippen molar-refractivity contribution in [2.45, 2.75) is 25.8 Å². The summed E-state index contributed by atoms with van der Waals surface area (Å²) in [5.41, 5.74) is 11.2. The van der Waals surface area contributed by atoms with E-state index in [1.807, 2.05) is 25.3 Å². The Morgan fingerprint density at radius 2 is 1.83 bits per heavy atom. The average Bonchev–Trinajstić information content (AvgIpc) is 2.55. The monoisotopic (exact) mass is 338 g/mol. The molecule has 7 nitrogen and oxygen atoms in total. The molecule has 0 saturated carbocycles. The summed E-state index contributed by atoms with van der Waals surface area (Å²) in [7, 11) is 0. The van der Waals surface area contributed by atoms with Crippen LogP contribution in [0.25, 0.3) is 0 Å². The van der Waals surface area contributed by atoms with Crippen LogP contribution in [0.3, 0.4) is 0 Å². The maximum atomic E-state index is 12.0. The van der Waals surface area contributed by atoms with Gasteiger partial charge in [0.15, 0.2) is 0 Å². The van der Waals surface area contributed by atoms with Crippen molar-refractivity contribution in [3.05, 3.63) is 35.4 Å². The molecule has 0 saturated heterocycles. The Labute approximate surface area is 139 Å². The van der Waals surface area contributed by atoms with Crippen LogP contribution in [-0.2, 0) is 11.2 Å². The number of nitrogens with two attached hydrogens (primary N) is 1. The summed E-state index contributed by atoms with van der Waals surface area (Å²) >= 11 is 1.54. The number of carbonyl (C=O) groups is 3. The lowest BCUT2D eigenvalue weighted by molar-refractivity contribution is -0.123. The number of nitrogens with one attached hydrogen (secondary N) is 3. The molecule has 1 atom stereocenters. The smallest absolute Gasteiger partial charge is 0.312 e. The SMILES string of the molecule is CCc1ccc(C(=O)NNC(=O)[C@H](CCSC)NC(N)=O)cc1. The Hall–Kier alpha value is -2.22. The van der Waals surface area contributed by atoms with E-state index >= 15 is 0 Å². The van der Waals surface area contributed by atoms with Crippen molar-refractivity contribution in [1.82, 2.24) is 16.2 Å². The maximum Gasteiger partial charge on any atom is 0.312 e. The first kappa shape index (κ1) is 18.8. The molecule has 0 unspecified atom stereocenters. The van der Waals surface area contributed by atoms with Crippen molar-refractivity contribution in [3.63, 3.8) is 0 Å². The number of carbonyl (C=O) groups excluding carboxylic acids is 3. The van der Waals surface area contributed by atoms with Gasteiger partial charge in [0.2, 0.25) is 0 Å². The summed E-state index contributed by atoms with van der Waals surface area (Å²) in [5.74, 6) is -0.273. The first-order valence-electron chi connectivity index (χ1n) is 7.22.